The molecule has 11 heteroatoms. The van der Waals surface area contributed by atoms with Gasteiger partial charge in [-0.15, -0.1) is 5.10 Å². The Balaban J connectivity index is 1.92. The number of primary sulfonamides is 1. The molecule has 24 heavy (non-hydrogen) atoms. The van der Waals surface area contributed by atoms with E-state index in [-0.39, 0.29) is 16.1 Å². The van der Waals surface area contributed by atoms with E-state index in [0.29, 0.717) is 11.4 Å². The molecule has 1 aromatic carbocycles. The van der Waals surface area contributed by atoms with Crippen LogP contribution in [0.4, 0.5) is 5.69 Å². The molecule has 0 aliphatic carbocycles. The maximum Gasteiger partial charge on any atom is 0.278 e. The number of rotatable bonds is 3. The van der Waals surface area contributed by atoms with Crippen molar-refractivity contribution in [2.45, 2.75) is 11.8 Å². The van der Waals surface area contributed by atoms with Gasteiger partial charge in [0.25, 0.3) is 11.5 Å². The fourth-order valence-electron chi connectivity index (χ4n) is 2.12. The minimum atomic E-state index is -3.81. The van der Waals surface area contributed by atoms with E-state index in [2.05, 4.69) is 20.6 Å². The van der Waals surface area contributed by atoms with Gasteiger partial charge in [-0.25, -0.2) is 18.1 Å². The minimum Gasteiger partial charge on any atom is -0.323 e. The molecule has 1 amide bonds. The standard InChI is InChI=1S/C13H12N6O4S/c1-7-6-19-11(13(21)15-7)10(17-18-19)12(20)16-8-2-4-9(5-3-8)24(14,22)23/h2-6H,1H3,(H,15,21)(H,16,20)(H2,14,22,23). The van der Waals surface area contributed by atoms with Crippen molar-refractivity contribution in [2.24, 2.45) is 5.14 Å². The van der Waals surface area contributed by atoms with Crippen LogP contribution in [-0.4, -0.2) is 34.1 Å². The number of sulfonamides is 1. The van der Waals surface area contributed by atoms with E-state index in [4.69, 9.17) is 5.14 Å². The van der Waals surface area contributed by atoms with Crippen molar-refractivity contribution >= 4 is 27.1 Å². The number of hydrogen-bond acceptors (Lipinski definition) is 6. The number of nitrogens with zero attached hydrogens (tertiary/aromatic N) is 3. The molecule has 0 bridgehead atoms. The molecule has 0 spiro atoms. The average Bonchev–Trinajstić information content (AvgIpc) is 2.91. The summed E-state index contributed by atoms with van der Waals surface area (Å²) in [5.41, 5.74) is 0.265. The number of nitrogens with two attached hydrogens (primary N) is 1. The van der Waals surface area contributed by atoms with E-state index in [9.17, 15) is 18.0 Å². The molecule has 0 aliphatic rings. The highest BCUT2D eigenvalue weighted by Crippen LogP contribution is 2.14. The lowest BCUT2D eigenvalue weighted by atomic mass is 10.3. The summed E-state index contributed by atoms with van der Waals surface area (Å²) in [6.07, 6.45) is 1.53. The van der Waals surface area contributed by atoms with Crippen molar-refractivity contribution in [1.29, 1.82) is 0 Å². The van der Waals surface area contributed by atoms with Crippen LogP contribution in [0.1, 0.15) is 16.2 Å². The van der Waals surface area contributed by atoms with E-state index in [1.54, 1.807) is 6.92 Å². The third-order valence-electron chi connectivity index (χ3n) is 3.19. The number of carbonyl (C=O) groups excluding carboxylic acids is 1. The summed E-state index contributed by atoms with van der Waals surface area (Å²) in [4.78, 5) is 26.7. The first kappa shape index (κ1) is 15.8. The molecular weight excluding hydrogens is 336 g/mol. The molecule has 2 aromatic heterocycles. The summed E-state index contributed by atoms with van der Waals surface area (Å²) in [6.45, 7) is 1.68. The Hall–Kier alpha value is -3.05. The van der Waals surface area contributed by atoms with E-state index >= 15 is 0 Å². The van der Waals surface area contributed by atoms with Crippen LogP contribution in [0, 0.1) is 6.92 Å². The van der Waals surface area contributed by atoms with Gasteiger partial charge >= 0.3 is 0 Å². The monoisotopic (exact) mass is 348 g/mol. The zero-order chi connectivity index (χ0) is 17.5. The highest BCUT2D eigenvalue weighted by molar-refractivity contribution is 7.89. The van der Waals surface area contributed by atoms with Crippen LogP contribution in [0.3, 0.4) is 0 Å². The molecule has 3 aromatic rings. The Morgan fingerprint density at radius 1 is 1.29 bits per heavy atom. The summed E-state index contributed by atoms with van der Waals surface area (Å²) >= 11 is 0. The second-order valence-electron chi connectivity index (χ2n) is 5.02. The SMILES string of the molecule is Cc1cn2nnc(C(=O)Nc3ccc(S(N)(=O)=O)cc3)c2c(=O)[nH]1. The lowest BCUT2D eigenvalue weighted by Crippen LogP contribution is -2.18. The Morgan fingerprint density at radius 3 is 2.58 bits per heavy atom. The van der Waals surface area contributed by atoms with E-state index in [0.717, 1.165) is 0 Å². The molecule has 0 atom stereocenters. The number of nitrogens with one attached hydrogen (secondary N) is 2. The van der Waals surface area contributed by atoms with Gasteiger partial charge < -0.3 is 10.3 Å². The summed E-state index contributed by atoms with van der Waals surface area (Å²) in [7, 11) is -3.81. The van der Waals surface area contributed by atoms with Gasteiger partial charge in [-0.1, -0.05) is 5.21 Å². The molecule has 124 valence electrons. The van der Waals surface area contributed by atoms with Gasteiger partial charge in [-0.3, -0.25) is 9.59 Å². The average molecular weight is 348 g/mol. The van der Waals surface area contributed by atoms with Gasteiger partial charge in [0.05, 0.1) is 11.1 Å². The van der Waals surface area contributed by atoms with Crippen molar-refractivity contribution in [2.75, 3.05) is 5.32 Å². The molecule has 0 unspecified atom stereocenters. The maximum absolute atomic E-state index is 12.3. The van der Waals surface area contributed by atoms with E-state index < -0.39 is 21.5 Å². The topological polar surface area (TPSA) is 152 Å². The largest absolute Gasteiger partial charge is 0.323 e. The Morgan fingerprint density at radius 2 is 1.96 bits per heavy atom. The molecule has 0 aliphatic heterocycles. The van der Waals surface area contributed by atoms with E-state index in [1.165, 1.54) is 35.0 Å². The normalized spacial score (nSPS) is 11.6. The Labute approximate surface area is 135 Å². The lowest BCUT2D eigenvalue weighted by molar-refractivity contribution is 0.102. The van der Waals surface area contributed by atoms with Gasteiger partial charge in [0, 0.05) is 11.4 Å². The first-order valence-corrected chi connectivity index (χ1v) is 8.19. The maximum atomic E-state index is 12.3. The highest BCUT2D eigenvalue weighted by atomic mass is 32.2. The molecule has 0 saturated heterocycles. The summed E-state index contributed by atoms with van der Waals surface area (Å²) < 4.78 is 23.6. The zero-order valence-electron chi connectivity index (χ0n) is 12.3. The number of H-pyrrole nitrogens is 1. The first-order chi connectivity index (χ1) is 11.3. The van der Waals surface area contributed by atoms with Crippen LogP contribution < -0.4 is 16.0 Å². The number of amides is 1. The van der Waals surface area contributed by atoms with Crippen LogP contribution in [-0.2, 0) is 10.0 Å². The molecule has 0 saturated carbocycles. The predicted octanol–water partition coefficient (Wildman–Crippen LogP) is -0.374. The van der Waals surface area contributed by atoms with Gasteiger partial charge in [-0.05, 0) is 31.2 Å². The number of fused-ring (bicyclic) bond motifs is 1. The van der Waals surface area contributed by atoms with Crippen LogP contribution in [0.5, 0.6) is 0 Å². The van der Waals surface area contributed by atoms with Crippen LogP contribution in [0.15, 0.2) is 40.2 Å². The van der Waals surface area contributed by atoms with Crippen molar-refractivity contribution < 1.29 is 13.2 Å². The third-order valence-corrected chi connectivity index (χ3v) is 4.12. The van der Waals surface area contributed by atoms with Gasteiger partial charge in [0.1, 0.15) is 0 Å². The number of hydrogen-bond donors (Lipinski definition) is 3. The number of anilines is 1. The number of benzene rings is 1. The first-order valence-electron chi connectivity index (χ1n) is 6.65. The Bertz CT molecular complexity index is 1100. The fourth-order valence-corrected chi connectivity index (χ4v) is 2.64. The molecule has 0 fully saturated rings. The highest BCUT2D eigenvalue weighted by Gasteiger charge is 2.18. The van der Waals surface area contributed by atoms with Crippen molar-refractivity contribution in [3.8, 4) is 0 Å². The molecule has 10 nitrogen and oxygen atoms in total. The second-order valence-corrected chi connectivity index (χ2v) is 6.58. The Kier molecular flexibility index (Phi) is 3.66. The third kappa shape index (κ3) is 2.89. The van der Waals surface area contributed by atoms with Crippen molar-refractivity contribution in [3.63, 3.8) is 0 Å². The number of aryl methyl sites for hydroxylation is 1. The van der Waals surface area contributed by atoms with Gasteiger partial charge in [-0.2, -0.15) is 0 Å². The van der Waals surface area contributed by atoms with Crippen LogP contribution in [0.2, 0.25) is 0 Å². The molecule has 3 rings (SSSR count). The van der Waals surface area contributed by atoms with Crippen molar-refractivity contribution in [1.82, 2.24) is 19.8 Å². The summed E-state index contributed by atoms with van der Waals surface area (Å²) in [5, 5.41) is 15.0. The molecular formula is C13H12N6O4S. The minimum absolute atomic E-state index is 0.0132. The fraction of sp³-hybridized carbons (Fsp3) is 0.0769. The quantitative estimate of drug-likeness (QED) is 0.587. The van der Waals surface area contributed by atoms with Crippen LogP contribution >= 0.6 is 0 Å². The zero-order valence-corrected chi connectivity index (χ0v) is 13.2. The predicted molar refractivity (Wildman–Crippen MR) is 84.1 cm³/mol. The number of carbonyl (C=O) groups is 1. The van der Waals surface area contributed by atoms with Gasteiger partial charge in [0.15, 0.2) is 11.2 Å². The number of aromatic nitrogens is 4. The molecule has 2 heterocycles. The number of aromatic amines is 1. The lowest BCUT2D eigenvalue weighted by Gasteiger charge is -2.04. The van der Waals surface area contributed by atoms with E-state index in [1.807, 2.05) is 0 Å². The van der Waals surface area contributed by atoms with Crippen LogP contribution in [0.25, 0.3) is 5.52 Å². The summed E-state index contributed by atoms with van der Waals surface area (Å²) in [5.74, 6) is -0.650. The molecule has 4 N–H and O–H groups in total. The second kappa shape index (κ2) is 5.54. The summed E-state index contributed by atoms with van der Waals surface area (Å²) in [6, 6.07) is 5.25. The van der Waals surface area contributed by atoms with Gasteiger partial charge in [0.2, 0.25) is 10.0 Å². The van der Waals surface area contributed by atoms with Crippen molar-refractivity contribution in [3.05, 3.63) is 52.2 Å². The molecule has 0 radical (unpaired) electrons. The smallest absolute Gasteiger partial charge is 0.278 e.